The number of benzene rings is 2. The highest BCUT2D eigenvalue weighted by Crippen LogP contribution is 2.37. The first-order valence-electron chi connectivity index (χ1n) is 8.50. The number of nitrogens with two attached hydrogens (primary N) is 1. The summed E-state index contributed by atoms with van der Waals surface area (Å²) in [7, 11) is 1.55. The van der Waals surface area contributed by atoms with Gasteiger partial charge in [0.15, 0.2) is 11.5 Å². The summed E-state index contributed by atoms with van der Waals surface area (Å²) < 4.78 is 10.7. The number of nitrogens with one attached hydrogen (secondary N) is 1. The lowest BCUT2D eigenvalue weighted by atomic mass is 10.1. The van der Waals surface area contributed by atoms with E-state index in [-0.39, 0.29) is 18.2 Å². The Balaban J connectivity index is 1.90. The molecule has 3 rings (SSSR count). The molecule has 3 N–H and O–H groups in total. The van der Waals surface area contributed by atoms with Crippen molar-refractivity contribution in [3.8, 4) is 5.75 Å². The predicted molar refractivity (Wildman–Crippen MR) is 103 cm³/mol. The van der Waals surface area contributed by atoms with Gasteiger partial charge >= 0.3 is 0 Å². The third-order valence-corrected chi connectivity index (χ3v) is 3.98. The largest absolute Gasteiger partial charge is 0.449 e. The fourth-order valence-electron chi connectivity index (χ4n) is 2.68. The third-order valence-electron chi connectivity index (χ3n) is 3.98. The van der Waals surface area contributed by atoms with Crippen LogP contribution in [0.25, 0.3) is 6.08 Å². The van der Waals surface area contributed by atoms with Crippen molar-refractivity contribution in [2.75, 3.05) is 37.4 Å². The van der Waals surface area contributed by atoms with Gasteiger partial charge in [0.2, 0.25) is 5.91 Å². The number of carbonyl (C=O) groups excluding carboxylic acids is 2. The first kappa shape index (κ1) is 18.5. The molecule has 0 saturated heterocycles. The average molecular weight is 367 g/mol. The number of hydrogen-bond acceptors (Lipinski definition) is 5. The van der Waals surface area contributed by atoms with Crippen molar-refractivity contribution in [1.29, 1.82) is 0 Å². The zero-order valence-corrected chi connectivity index (χ0v) is 15.0. The van der Waals surface area contributed by atoms with Gasteiger partial charge in [-0.05, 0) is 23.8 Å². The van der Waals surface area contributed by atoms with Crippen LogP contribution < -0.4 is 20.7 Å². The molecule has 27 heavy (non-hydrogen) atoms. The number of carbonyl (C=O) groups is 2. The van der Waals surface area contributed by atoms with Crippen molar-refractivity contribution in [2.24, 2.45) is 0 Å². The Bertz CT molecular complexity index is 865. The molecule has 0 saturated carbocycles. The van der Waals surface area contributed by atoms with E-state index in [1.807, 2.05) is 30.3 Å². The summed E-state index contributed by atoms with van der Waals surface area (Å²) in [6.45, 7) is 0.638. The molecule has 0 radical (unpaired) electrons. The van der Waals surface area contributed by atoms with Crippen LogP contribution in [0.4, 0.5) is 11.4 Å². The molecule has 2 amide bonds. The van der Waals surface area contributed by atoms with E-state index in [1.54, 1.807) is 31.4 Å². The van der Waals surface area contributed by atoms with Gasteiger partial charge in [-0.3, -0.25) is 14.5 Å². The topological polar surface area (TPSA) is 93.9 Å². The zero-order chi connectivity index (χ0) is 19.2. The molecule has 2 aromatic rings. The van der Waals surface area contributed by atoms with Gasteiger partial charge < -0.3 is 20.5 Å². The van der Waals surface area contributed by atoms with Gasteiger partial charge in [-0.25, -0.2) is 0 Å². The van der Waals surface area contributed by atoms with E-state index in [1.165, 1.54) is 4.90 Å². The molecule has 1 heterocycles. The lowest BCUT2D eigenvalue weighted by Crippen LogP contribution is -2.44. The Morgan fingerprint density at radius 1 is 1.26 bits per heavy atom. The maximum absolute atomic E-state index is 12.9. The smallest absolute Gasteiger partial charge is 0.294 e. The maximum Gasteiger partial charge on any atom is 0.294 e. The molecule has 7 nitrogen and oxygen atoms in total. The summed E-state index contributed by atoms with van der Waals surface area (Å²) >= 11 is 0. The molecule has 0 fully saturated rings. The molecule has 0 atom stereocenters. The van der Waals surface area contributed by atoms with Crippen LogP contribution in [-0.4, -0.2) is 38.6 Å². The number of amides is 2. The van der Waals surface area contributed by atoms with Crippen LogP contribution in [0.2, 0.25) is 0 Å². The summed E-state index contributed by atoms with van der Waals surface area (Å²) in [5, 5.41) is 2.72. The van der Waals surface area contributed by atoms with Gasteiger partial charge in [-0.1, -0.05) is 30.3 Å². The SMILES string of the molecule is COCCNC(=O)CN1C(=O)/C(=C\c2ccccc2)Oc2cc(N)ccc21. The summed E-state index contributed by atoms with van der Waals surface area (Å²) in [5.74, 6) is -0.118. The Morgan fingerprint density at radius 3 is 2.78 bits per heavy atom. The Kier molecular flexibility index (Phi) is 5.73. The van der Waals surface area contributed by atoms with Crippen LogP contribution in [0.3, 0.4) is 0 Å². The Morgan fingerprint density at radius 2 is 2.04 bits per heavy atom. The third kappa shape index (κ3) is 4.45. The van der Waals surface area contributed by atoms with Crippen molar-refractivity contribution >= 4 is 29.3 Å². The van der Waals surface area contributed by atoms with Crippen LogP contribution in [-0.2, 0) is 14.3 Å². The second-order valence-electron chi connectivity index (χ2n) is 5.98. The second kappa shape index (κ2) is 8.37. The number of nitrogens with zero attached hydrogens (tertiary/aromatic N) is 1. The van der Waals surface area contributed by atoms with Gasteiger partial charge in [0.1, 0.15) is 6.54 Å². The predicted octanol–water partition coefficient (Wildman–Crippen LogP) is 1.80. The van der Waals surface area contributed by atoms with Gasteiger partial charge in [-0.15, -0.1) is 0 Å². The standard InChI is InChI=1S/C20H21N3O4/c1-26-10-9-22-19(24)13-23-16-8-7-15(21)12-17(16)27-18(20(23)25)11-14-5-3-2-4-6-14/h2-8,11-12H,9-10,13,21H2,1H3,(H,22,24)/b18-11+. The van der Waals surface area contributed by atoms with Gasteiger partial charge in [-0.2, -0.15) is 0 Å². The van der Waals surface area contributed by atoms with Crippen LogP contribution >= 0.6 is 0 Å². The first-order valence-corrected chi connectivity index (χ1v) is 8.50. The maximum atomic E-state index is 12.9. The Labute approximate surface area is 157 Å². The summed E-state index contributed by atoms with van der Waals surface area (Å²) in [6.07, 6.45) is 1.64. The van der Waals surface area contributed by atoms with E-state index in [0.717, 1.165) is 5.56 Å². The number of fused-ring (bicyclic) bond motifs is 1. The molecule has 0 unspecified atom stereocenters. The van der Waals surface area contributed by atoms with E-state index in [4.69, 9.17) is 15.2 Å². The number of nitrogen functional groups attached to an aromatic ring is 1. The highest BCUT2D eigenvalue weighted by atomic mass is 16.5. The van der Waals surface area contributed by atoms with Crippen LogP contribution in [0.15, 0.2) is 54.3 Å². The highest BCUT2D eigenvalue weighted by Gasteiger charge is 2.31. The molecule has 7 heteroatoms. The molecule has 0 bridgehead atoms. The number of ether oxygens (including phenoxy) is 2. The number of methoxy groups -OCH3 is 1. The van der Waals surface area contributed by atoms with E-state index < -0.39 is 5.91 Å². The average Bonchev–Trinajstić information content (AvgIpc) is 2.66. The molecule has 0 spiro atoms. The molecule has 2 aromatic carbocycles. The molecular formula is C20H21N3O4. The first-order chi connectivity index (χ1) is 13.1. The zero-order valence-electron chi connectivity index (χ0n) is 15.0. The van der Waals surface area contributed by atoms with Crippen LogP contribution in [0.1, 0.15) is 5.56 Å². The van der Waals surface area contributed by atoms with E-state index in [9.17, 15) is 9.59 Å². The van der Waals surface area contributed by atoms with Crippen molar-refractivity contribution in [1.82, 2.24) is 5.32 Å². The lowest BCUT2D eigenvalue weighted by Gasteiger charge is -2.30. The summed E-state index contributed by atoms with van der Waals surface area (Å²) in [4.78, 5) is 26.6. The molecule has 0 aromatic heterocycles. The summed E-state index contributed by atoms with van der Waals surface area (Å²) in [5.41, 5.74) is 7.67. The van der Waals surface area contributed by atoms with Gasteiger partial charge in [0.05, 0.1) is 12.3 Å². The minimum absolute atomic E-state index is 0.129. The Hall–Kier alpha value is -3.32. The normalized spacial score (nSPS) is 14.6. The van der Waals surface area contributed by atoms with Gasteiger partial charge in [0, 0.05) is 25.4 Å². The van der Waals surface area contributed by atoms with E-state index in [0.29, 0.717) is 30.3 Å². The second-order valence-corrected chi connectivity index (χ2v) is 5.98. The number of rotatable bonds is 6. The van der Waals surface area contributed by atoms with Gasteiger partial charge in [0.25, 0.3) is 5.91 Å². The summed E-state index contributed by atoms with van der Waals surface area (Å²) in [6, 6.07) is 14.3. The van der Waals surface area contributed by atoms with Crippen molar-refractivity contribution < 1.29 is 19.1 Å². The minimum Gasteiger partial charge on any atom is -0.449 e. The van der Waals surface area contributed by atoms with E-state index in [2.05, 4.69) is 5.32 Å². The van der Waals surface area contributed by atoms with Crippen LogP contribution in [0, 0.1) is 0 Å². The molecule has 1 aliphatic heterocycles. The van der Waals surface area contributed by atoms with E-state index >= 15 is 0 Å². The number of anilines is 2. The van der Waals surface area contributed by atoms with Crippen LogP contribution in [0.5, 0.6) is 5.75 Å². The molecule has 1 aliphatic rings. The van der Waals surface area contributed by atoms with Crippen molar-refractivity contribution in [3.63, 3.8) is 0 Å². The monoisotopic (exact) mass is 367 g/mol. The van der Waals surface area contributed by atoms with Crippen molar-refractivity contribution in [2.45, 2.75) is 0 Å². The molecule has 0 aliphatic carbocycles. The number of hydrogen-bond donors (Lipinski definition) is 2. The minimum atomic E-state index is -0.391. The highest BCUT2D eigenvalue weighted by molar-refractivity contribution is 6.12. The molecular weight excluding hydrogens is 346 g/mol. The lowest BCUT2D eigenvalue weighted by molar-refractivity contribution is -0.123. The fraction of sp³-hybridized carbons (Fsp3) is 0.200. The van der Waals surface area contributed by atoms with Crippen molar-refractivity contribution in [3.05, 3.63) is 59.9 Å². The quantitative estimate of drug-likeness (QED) is 0.461. The molecule has 140 valence electrons. The fourth-order valence-corrected chi connectivity index (χ4v) is 2.68.